The van der Waals surface area contributed by atoms with Crippen LogP contribution in [0.4, 0.5) is 18.9 Å². The molecule has 4 N–H and O–H groups in total. The number of rotatable bonds is 5. The lowest BCUT2D eigenvalue weighted by molar-refractivity contribution is -0.137. The van der Waals surface area contributed by atoms with Crippen LogP contribution in [0.1, 0.15) is 29.8 Å². The van der Waals surface area contributed by atoms with Crippen LogP contribution in [0.2, 0.25) is 0 Å². The Balaban J connectivity index is 3.23. The third-order valence-corrected chi connectivity index (χ3v) is 2.74. The van der Waals surface area contributed by atoms with E-state index in [-0.39, 0.29) is 17.8 Å². The second-order valence-electron chi connectivity index (χ2n) is 4.35. The van der Waals surface area contributed by atoms with Gasteiger partial charge in [-0.3, -0.25) is 9.59 Å². The zero-order valence-electron chi connectivity index (χ0n) is 11.5. The number of hydrogen-bond donors (Lipinski definition) is 3. The number of halogens is 3. The number of anilines is 1. The molecule has 0 aliphatic carbocycles. The van der Waals surface area contributed by atoms with E-state index in [0.29, 0.717) is 0 Å². The third kappa shape index (κ3) is 4.11. The Morgan fingerprint density at radius 2 is 1.95 bits per heavy atom. The molecule has 0 saturated heterocycles. The fourth-order valence-corrected chi connectivity index (χ4v) is 1.69. The number of carbonyl (C=O) groups excluding carboxylic acids is 2. The summed E-state index contributed by atoms with van der Waals surface area (Å²) in [5.74, 6) is -1.58. The molecule has 1 unspecified atom stereocenters. The highest BCUT2D eigenvalue weighted by Crippen LogP contribution is 2.36. The molecule has 0 bridgehead atoms. The highest BCUT2D eigenvalue weighted by Gasteiger charge is 2.35. The predicted octanol–water partition coefficient (Wildman–Crippen LogP) is 1.74. The summed E-state index contributed by atoms with van der Waals surface area (Å²) in [6, 6.07) is 2.28. The van der Waals surface area contributed by atoms with Crippen LogP contribution in [0, 0.1) is 0 Å². The first kappa shape index (κ1) is 16.8. The molecule has 1 atom stereocenters. The number of carbonyl (C=O) groups is 2. The summed E-state index contributed by atoms with van der Waals surface area (Å²) >= 11 is 0. The molecular formula is C13H16F3N3O2. The van der Waals surface area contributed by atoms with E-state index < -0.39 is 29.6 Å². The number of amides is 2. The summed E-state index contributed by atoms with van der Waals surface area (Å²) in [7, 11) is 0. The Labute approximate surface area is 119 Å². The van der Waals surface area contributed by atoms with E-state index in [0.717, 1.165) is 12.1 Å². The van der Waals surface area contributed by atoms with Gasteiger partial charge >= 0.3 is 6.18 Å². The average Bonchev–Trinajstić information content (AvgIpc) is 2.37. The summed E-state index contributed by atoms with van der Waals surface area (Å²) in [4.78, 5) is 22.9. The molecule has 21 heavy (non-hydrogen) atoms. The third-order valence-electron chi connectivity index (χ3n) is 2.74. The summed E-state index contributed by atoms with van der Waals surface area (Å²) in [6.07, 6.45) is -4.59. The summed E-state index contributed by atoms with van der Waals surface area (Å²) in [5.41, 5.74) is 3.56. The maximum Gasteiger partial charge on any atom is 0.418 e. The first-order valence-electron chi connectivity index (χ1n) is 6.22. The van der Waals surface area contributed by atoms with Crippen LogP contribution in [-0.2, 0) is 11.0 Å². The van der Waals surface area contributed by atoms with Gasteiger partial charge in [-0.1, -0.05) is 6.07 Å². The predicted molar refractivity (Wildman–Crippen MR) is 71.7 cm³/mol. The molecule has 116 valence electrons. The van der Waals surface area contributed by atoms with Gasteiger partial charge in [-0.2, -0.15) is 13.2 Å². The van der Waals surface area contributed by atoms with Crippen LogP contribution in [0.25, 0.3) is 0 Å². The standard InChI is InChI=1S/C13H16F3N3O2/c1-3-18-10-8(12(21)19-7(2)11(17)20)5-4-6-9(10)13(14,15)16/h4-7,18H,3H2,1-2H3,(H2,17,20)(H,19,21). The maximum atomic E-state index is 13.0. The van der Waals surface area contributed by atoms with Gasteiger partial charge in [0.05, 0.1) is 16.8 Å². The Hall–Kier alpha value is -2.25. The van der Waals surface area contributed by atoms with Crippen molar-refractivity contribution in [2.75, 3.05) is 11.9 Å². The molecule has 0 aliphatic heterocycles. The Bertz CT molecular complexity index is 544. The molecule has 1 rings (SSSR count). The van der Waals surface area contributed by atoms with Crippen LogP contribution in [0.5, 0.6) is 0 Å². The van der Waals surface area contributed by atoms with Crippen molar-refractivity contribution in [3.05, 3.63) is 29.3 Å². The van der Waals surface area contributed by atoms with E-state index in [4.69, 9.17) is 5.73 Å². The average molecular weight is 303 g/mol. The van der Waals surface area contributed by atoms with Gasteiger partial charge in [-0.25, -0.2) is 0 Å². The molecule has 1 aromatic carbocycles. The molecule has 0 heterocycles. The molecule has 8 heteroatoms. The maximum absolute atomic E-state index is 13.0. The highest BCUT2D eigenvalue weighted by molar-refractivity contribution is 6.02. The lowest BCUT2D eigenvalue weighted by Gasteiger charge is -2.18. The van der Waals surface area contributed by atoms with Crippen LogP contribution in [0.15, 0.2) is 18.2 Å². The summed E-state index contributed by atoms with van der Waals surface area (Å²) in [5, 5.41) is 4.79. The van der Waals surface area contributed by atoms with E-state index in [1.165, 1.54) is 13.0 Å². The molecule has 5 nitrogen and oxygen atoms in total. The fraction of sp³-hybridized carbons (Fsp3) is 0.385. The van der Waals surface area contributed by atoms with Crippen molar-refractivity contribution in [2.24, 2.45) is 5.73 Å². The minimum Gasteiger partial charge on any atom is -0.384 e. The molecule has 0 radical (unpaired) electrons. The van der Waals surface area contributed by atoms with Crippen LogP contribution in [0.3, 0.4) is 0 Å². The van der Waals surface area contributed by atoms with E-state index in [2.05, 4.69) is 10.6 Å². The Morgan fingerprint density at radius 3 is 2.43 bits per heavy atom. The van der Waals surface area contributed by atoms with Gasteiger partial charge < -0.3 is 16.4 Å². The first-order chi connectivity index (χ1) is 9.68. The molecular weight excluding hydrogens is 287 g/mol. The van der Waals surface area contributed by atoms with Gasteiger partial charge in [-0.05, 0) is 26.0 Å². The molecule has 2 amide bonds. The van der Waals surface area contributed by atoms with Crippen molar-refractivity contribution in [2.45, 2.75) is 26.1 Å². The zero-order chi connectivity index (χ0) is 16.2. The smallest absolute Gasteiger partial charge is 0.384 e. The lowest BCUT2D eigenvalue weighted by Crippen LogP contribution is -2.42. The largest absolute Gasteiger partial charge is 0.418 e. The van der Waals surface area contributed by atoms with Crippen molar-refractivity contribution in [1.82, 2.24) is 5.32 Å². The van der Waals surface area contributed by atoms with E-state index in [1.54, 1.807) is 6.92 Å². The van der Waals surface area contributed by atoms with E-state index in [1.807, 2.05) is 0 Å². The minimum atomic E-state index is -4.59. The van der Waals surface area contributed by atoms with Gasteiger partial charge in [-0.15, -0.1) is 0 Å². The van der Waals surface area contributed by atoms with Crippen molar-refractivity contribution in [1.29, 1.82) is 0 Å². The molecule has 0 saturated carbocycles. The highest BCUT2D eigenvalue weighted by atomic mass is 19.4. The number of para-hydroxylation sites is 1. The van der Waals surface area contributed by atoms with E-state index >= 15 is 0 Å². The normalized spacial score (nSPS) is 12.6. The number of benzene rings is 1. The molecule has 0 spiro atoms. The summed E-state index contributed by atoms with van der Waals surface area (Å²) in [6.45, 7) is 3.17. The number of nitrogens with one attached hydrogen (secondary N) is 2. The molecule has 0 aromatic heterocycles. The summed E-state index contributed by atoms with van der Waals surface area (Å²) < 4.78 is 38.9. The lowest BCUT2D eigenvalue weighted by atomic mass is 10.1. The Kier molecular flexibility index (Phi) is 5.17. The number of hydrogen-bond acceptors (Lipinski definition) is 3. The molecule has 1 aromatic rings. The second kappa shape index (κ2) is 6.47. The fourth-order valence-electron chi connectivity index (χ4n) is 1.69. The topological polar surface area (TPSA) is 84.2 Å². The van der Waals surface area contributed by atoms with Crippen molar-refractivity contribution < 1.29 is 22.8 Å². The number of alkyl halides is 3. The van der Waals surface area contributed by atoms with E-state index in [9.17, 15) is 22.8 Å². The minimum absolute atomic E-state index is 0.195. The van der Waals surface area contributed by atoms with Crippen molar-refractivity contribution in [3.8, 4) is 0 Å². The molecule has 0 fully saturated rings. The van der Waals surface area contributed by atoms with Crippen molar-refractivity contribution >= 4 is 17.5 Å². The molecule has 0 aliphatic rings. The van der Waals surface area contributed by atoms with Gasteiger partial charge in [0.25, 0.3) is 5.91 Å². The van der Waals surface area contributed by atoms with Crippen molar-refractivity contribution in [3.63, 3.8) is 0 Å². The van der Waals surface area contributed by atoms with Gasteiger partial charge in [0, 0.05) is 6.54 Å². The van der Waals surface area contributed by atoms with Gasteiger partial charge in [0.2, 0.25) is 5.91 Å². The first-order valence-corrected chi connectivity index (χ1v) is 6.22. The van der Waals surface area contributed by atoms with Gasteiger partial charge in [0.15, 0.2) is 0 Å². The zero-order valence-corrected chi connectivity index (χ0v) is 11.5. The monoisotopic (exact) mass is 303 g/mol. The Morgan fingerprint density at radius 1 is 1.33 bits per heavy atom. The number of nitrogens with two attached hydrogens (primary N) is 1. The van der Waals surface area contributed by atoms with Crippen LogP contribution < -0.4 is 16.4 Å². The van der Waals surface area contributed by atoms with Crippen LogP contribution in [-0.4, -0.2) is 24.4 Å². The quantitative estimate of drug-likeness (QED) is 0.774. The van der Waals surface area contributed by atoms with Gasteiger partial charge in [0.1, 0.15) is 6.04 Å². The second-order valence-corrected chi connectivity index (χ2v) is 4.35. The number of primary amides is 1. The van der Waals surface area contributed by atoms with Crippen LogP contribution >= 0.6 is 0 Å². The SMILES string of the molecule is CCNc1c(C(=O)NC(C)C(N)=O)cccc1C(F)(F)F.